The maximum atomic E-state index is 11.0. The zero-order valence-corrected chi connectivity index (χ0v) is 10.4. The van der Waals surface area contributed by atoms with E-state index in [-0.39, 0.29) is 11.8 Å². The molecule has 1 amide bonds. The van der Waals surface area contributed by atoms with E-state index in [4.69, 9.17) is 5.21 Å². The molecule has 0 aliphatic carbocycles. The summed E-state index contributed by atoms with van der Waals surface area (Å²) in [4.78, 5) is 11.0. The fourth-order valence-corrected chi connectivity index (χ4v) is 1.84. The van der Waals surface area contributed by atoms with E-state index in [1.807, 2.05) is 13.0 Å². The highest BCUT2D eigenvalue weighted by Gasteiger charge is 2.10. The molecule has 1 aromatic carbocycles. The SMILES string of the molecule is CC(CCCCCc1ccccc1)C(=O)NO. The number of hydrogen-bond acceptors (Lipinski definition) is 2. The van der Waals surface area contributed by atoms with Gasteiger partial charge in [0, 0.05) is 5.92 Å². The van der Waals surface area contributed by atoms with Crippen LogP contribution in [0.1, 0.15) is 38.2 Å². The van der Waals surface area contributed by atoms with Crippen molar-refractivity contribution in [3.8, 4) is 0 Å². The van der Waals surface area contributed by atoms with Crippen LogP contribution in [0.3, 0.4) is 0 Å². The molecule has 2 N–H and O–H groups in total. The summed E-state index contributed by atoms with van der Waals surface area (Å²) in [6.07, 6.45) is 5.24. The van der Waals surface area contributed by atoms with Gasteiger partial charge in [-0.05, 0) is 24.8 Å². The van der Waals surface area contributed by atoms with Gasteiger partial charge in [0.1, 0.15) is 0 Å². The molecule has 0 radical (unpaired) electrons. The zero-order chi connectivity index (χ0) is 12.5. The molecule has 0 spiro atoms. The molecule has 3 heteroatoms. The molecule has 1 rings (SSSR count). The summed E-state index contributed by atoms with van der Waals surface area (Å²) in [5, 5.41) is 8.46. The minimum atomic E-state index is -0.284. The molecule has 1 atom stereocenters. The smallest absolute Gasteiger partial charge is 0.246 e. The van der Waals surface area contributed by atoms with E-state index >= 15 is 0 Å². The highest BCUT2D eigenvalue weighted by atomic mass is 16.5. The molecule has 0 saturated carbocycles. The van der Waals surface area contributed by atoms with Crippen molar-refractivity contribution in [2.75, 3.05) is 0 Å². The molecule has 3 nitrogen and oxygen atoms in total. The van der Waals surface area contributed by atoms with Gasteiger partial charge in [-0.2, -0.15) is 0 Å². The van der Waals surface area contributed by atoms with Gasteiger partial charge in [-0.3, -0.25) is 10.0 Å². The lowest BCUT2D eigenvalue weighted by Gasteiger charge is -2.08. The van der Waals surface area contributed by atoms with Crippen LogP contribution in [0.2, 0.25) is 0 Å². The molecule has 0 heterocycles. The van der Waals surface area contributed by atoms with Gasteiger partial charge in [0.15, 0.2) is 0 Å². The Labute approximate surface area is 103 Å². The summed E-state index contributed by atoms with van der Waals surface area (Å²) >= 11 is 0. The van der Waals surface area contributed by atoms with Gasteiger partial charge in [0.2, 0.25) is 5.91 Å². The Hall–Kier alpha value is -1.35. The average molecular weight is 235 g/mol. The van der Waals surface area contributed by atoms with Crippen molar-refractivity contribution in [2.24, 2.45) is 5.92 Å². The Morgan fingerprint density at radius 3 is 2.59 bits per heavy atom. The molecule has 0 saturated heterocycles. The van der Waals surface area contributed by atoms with E-state index < -0.39 is 0 Å². The van der Waals surface area contributed by atoms with Gasteiger partial charge >= 0.3 is 0 Å². The summed E-state index contributed by atoms with van der Waals surface area (Å²) in [7, 11) is 0. The monoisotopic (exact) mass is 235 g/mol. The van der Waals surface area contributed by atoms with E-state index in [0.717, 1.165) is 32.1 Å². The number of amides is 1. The van der Waals surface area contributed by atoms with Crippen molar-refractivity contribution in [1.29, 1.82) is 0 Å². The Kier molecular flexibility index (Phi) is 6.33. The Bertz CT molecular complexity index is 324. The van der Waals surface area contributed by atoms with Crippen LogP contribution < -0.4 is 5.48 Å². The fourth-order valence-electron chi connectivity index (χ4n) is 1.84. The first-order valence-electron chi connectivity index (χ1n) is 6.22. The third kappa shape index (κ3) is 5.50. The minimum Gasteiger partial charge on any atom is -0.289 e. The van der Waals surface area contributed by atoms with Crippen molar-refractivity contribution in [2.45, 2.75) is 39.0 Å². The highest BCUT2D eigenvalue weighted by Crippen LogP contribution is 2.11. The van der Waals surface area contributed by atoms with Gasteiger partial charge in [-0.1, -0.05) is 50.1 Å². The number of nitrogens with one attached hydrogen (secondary N) is 1. The lowest BCUT2D eigenvalue weighted by molar-refractivity contribution is -0.133. The second kappa shape index (κ2) is 7.85. The molecular weight excluding hydrogens is 214 g/mol. The van der Waals surface area contributed by atoms with Crippen molar-refractivity contribution >= 4 is 5.91 Å². The number of unbranched alkanes of at least 4 members (excludes halogenated alkanes) is 2. The van der Waals surface area contributed by atoms with E-state index in [0.29, 0.717) is 0 Å². The summed E-state index contributed by atoms with van der Waals surface area (Å²) < 4.78 is 0. The highest BCUT2D eigenvalue weighted by molar-refractivity contribution is 5.76. The lowest BCUT2D eigenvalue weighted by atomic mass is 10.0. The van der Waals surface area contributed by atoms with Crippen molar-refractivity contribution in [1.82, 2.24) is 5.48 Å². The molecule has 1 unspecified atom stereocenters. The Balaban J connectivity index is 2.07. The van der Waals surface area contributed by atoms with Crippen molar-refractivity contribution in [3.05, 3.63) is 35.9 Å². The van der Waals surface area contributed by atoms with E-state index in [9.17, 15) is 4.79 Å². The lowest BCUT2D eigenvalue weighted by Crippen LogP contribution is -2.25. The average Bonchev–Trinajstić information content (AvgIpc) is 2.38. The molecule has 94 valence electrons. The molecule has 0 aliphatic rings. The van der Waals surface area contributed by atoms with E-state index in [1.165, 1.54) is 5.56 Å². The van der Waals surface area contributed by atoms with Gasteiger partial charge in [-0.25, -0.2) is 5.48 Å². The molecule has 0 aromatic heterocycles. The molecular formula is C14H21NO2. The molecule has 1 aromatic rings. The summed E-state index contributed by atoms with van der Waals surface area (Å²) in [5.41, 5.74) is 3.06. The van der Waals surface area contributed by atoms with E-state index in [1.54, 1.807) is 5.48 Å². The molecule has 0 bridgehead atoms. The van der Waals surface area contributed by atoms with Crippen LogP contribution in [0.4, 0.5) is 0 Å². The standard InChI is InChI=1S/C14H21NO2/c1-12(14(16)15-17)8-4-2-5-9-13-10-6-3-7-11-13/h3,6-7,10-12,17H,2,4-5,8-9H2,1H3,(H,15,16). The van der Waals surface area contributed by atoms with Crippen molar-refractivity contribution in [3.63, 3.8) is 0 Å². The summed E-state index contributed by atoms with van der Waals surface area (Å²) in [5.74, 6) is -0.384. The normalized spacial score (nSPS) is 12.1. The molecule has 0 aliphatic heterocycles. The first kappa shape index (κ1) is 13.7. The minimum absolute atomic E-state index is 0.100. The second-order valence-corrected chi connectivity index (χ2v) is 4.46. The van der Waals surface area contributed by atoms with E-state index in [2.05, 4.69) is 24.3 Å². The number of carbonyl (C=O) groups is 1. The van der Waals surface area contributed by atoms with Gasteiger partial charge in [0.25, 0.3) is 0 Å². The third-order valence-corrected chi connectivity index (χ3v) is 3.00. The molecule has 17 heavy (non-hydrogen) atoms. The topological polar surface area (TPSA) is 49.3 Å². The number of aryl methyl sites for hydroxylation is 1. The van der Waals surface area contributed by atoms with Crippen LogP contribution in [0.25, 0.3) is 0 Å². The van der Waals surface area contributed by atoms with Crippen molar-refractivity contribution < 1.29 is 10.0 Å². The molecule has 0 fully saturated rings. The van der Waals surface area contributed by atoms with Crippen LogP contribution in [-0.4, -0.2) is 11.1 Å². The first-order valence-corrected chi connectivity index (χ1v) is 6.22. The Morgan fingerprint density at radius 2 is 1.94 bits per heavy atom. The largest absolute Gasteiger partial charge is 0.289 e. The number of rotatable bonds is 7. The van der Waals surface area contributed by atoms with Crippen LogP contribution >= 0.6 is 0 Å². The van der Waals surface area contributed by atoms with Gasteiger partial charge < -0.3 is 0 Å². The van der Waals surface area contributed by atoms with Crippen LogP contribution in [0.5, 0.6) is 0 Å². The third-order valence-electron chi connectivity index (χ3n) is 3.00. The number of hydrogen-bond donors (Lipinski definition) is 2. The van der Waals surface area contributed by atoms with Gasteiger partial charge in [-0.15, -0.1) is 0 Å². The number of benzene rings is 1. The summed E-state index contributed by atoms with van der Waals surface area (Å²) in [6, 6.07) is 10.4. The second-order valence-electron chi connectivity index (χ2n) is 4.46. The summed E-state index contributed by atoms with van der Waals surface area (Å²) in [6.45, 7) is 1.84. The maximum absolute atomic E-state index is 11.0. The van der Waals surface area contributed by atoms with Crippen LogP contribution in [0.15, 0.2) is 30.3 Å². The fraction of sp³-hybridized carbons (Fsp3) is 0.500. The predicted octanol–water partition coefficient (Wildman–Crippen LogP) is 2.93. The van der Waals surface area contributed by atoms with Crippen LogP contribution in [-0.2, 0) is 11.2 Å². The predicted molar refractivity (Wildman–Crippen MR) is 67.7 cm³/mol. The number of hydroxylamine groups is 1. The number of carbonyl (C=O) groups excluding carboxylic acids is 1. The Morgan fingerprint density at radius 1 is 1.24 bits per heavy atom. The van der Waals surface area contributed by atoms with Crippen LogP contribution in [0, 0.1) is 5.92 Å². The quantitative estimate of drug-likeness (QED) is 0.433. The zero-order valence-electron chi connectivity index (χ0n) is 10.4. The first-order chi connectivity index (χ1) is 8.24. The maximum Gasteiger partial charge on any atom is 0.246 e. The van der Waals surface area contributed by atoms with Gasteiger partial charge in [0.05, 0.1) is 0 Å².